The third-order valence-electron chi connectivity index (χ3n) is 4.06. The van der Waals surface area contributed by atoms with E-state index in [1.54, 1.807) is 41.5 Å². The quantitative estimate of drug-likeness (QED) is 0.313. The number of phenolic OH excluding ortho intramolecular Hbond substituents is 1. The summed E-state index contributed by atoms with van der Waals surface area (Å²) in [5.41, 5.74) is -0.924. The van der Waals surface area contributed by atoms with Crippen molar-refractivity contribution >= 4 is 24.0 Å². The first-order valence-corrected chi connectivity index (χ1v) is 11.5. The van der Waals surface area contributed by atoms with Crippen LogP contribution in [0.25, 0.3) is 0 Å². The van der Waals surface area contributed by atoms with Gasteiger partial charge in [0.1, 0.15) is 17.0 Å². The highest BCUT2D eigenvalue weighted by Crippen LogP contribution is 2.16. The first-order chi connectivity index (χ1) is 16.2. The Labute approximate surface area is 206 Å². The molecule has 0 saturated carbocycles. The number of rotatable bonds is 10. The first-order valence-electron chi connectivity index (χ1n) is 11.5. The molecule has 1 rings (SSSR count). The molecule has 0 atom stereocenters. The SMILES string of the molecule is CC(C)(C)OC(=O)NCCCNC(=O)c1cc(O)cc(C(=O)NCCCNC(=O)OC(C)(C)C)c1. The monoisotopic (exact) mass is 494 g/mol. The molecule has 11 heteroatoms. The van der Waals surface area contributed by atoms with E-state index in [-0.39, 0.29) is 30.0 Å². The molecule has 0 heterocycles. The van der Waals surface area contributed by atoms with Crippen LogP contribution in [0.4, 0.5) is 9.59 Å². The van der Waals surface area contributed by atoms with Crippen molar-refractivity contribution in [3.8, 4) is 5.75 Å². The number of hydrogen-bond donors (Lipinski definition) is 5. The molecule has 5 N–H and O–H groups in total. The van der Waals surface area contributed by atoms with Crippen molar-refractivity contribution in [3.05, 3.63) is 29.3 Å². The molecule has 35 heavy (non-hydrogen) atoms. The Morgan fingerprint density at radius 1 is 0.657 bits per heavy atom. The number of ether oxygens (including phenoxy) is 2. The zero-order chi connectivity index (χ0) is 26.6. The molecular weight excluding hydrogens is 456 g/mol. The van der Waals surface area contributed by atoms with Crippen LogP contribution in [0.5, 0.6) is 5.75 Å². The van der Waals surface area contributed by atoms with Crippen LogP contribution in [-0.4, -0.2) is 66.5 Å². The van der Waals surface area contributed by atoms with Gasteiger partial charge >= 0.3 is 12.2 Å². The van der Waals surface area contributed by atoms with Crippen molar-refractivity contribution < 1.29 is 33.8 Å². The molecule has 0 radical (unpaired) electrons. The summed E-state index contributed by atoms with van der Waals surface area (Å²) in [7, 11) is 0. The molecule has 0 aliphatic heterocycles. The lowest BCUT2D eigenvalue weighted by molar-refractivity contribution is 0.0515. The molecule has 4 amide bonds. The second-order valence-electron chi connectivity index (χ2n) is 9.84. The lowest BCUT2D eigenvalue weighted by atomic mass is 10.1. The highest BCUT2D eigenvalue weighted by Gasteiger charge is 2.17. The number of nitrogens with one attached hydrogen (secondary N) is 4. The Balaban J connectivity index is 2.42. The Morgan fingerprint density at radius 3 is 1.34 bits per heavy atom. The highest BCUT2D eigenvalue weighted by molar-refractivity contribution is 6.00. The summed E-state index contributed by atoms with van der Waals surface area (Å²) < 4.78 is 10.3. The van der Waals surface area contributed by atoms with Gasteiger partial charge in [0.25, 0.3) is 11.8 Å². The zero-order valence-electron chi connectivity index (χ0n) is 21.4. The smallest absolute Gasteiger partial charge is 0.407 e. The number of carbonyl (C=O) groups excluding carboxylic acids is 4. The number of benzene rings is 1. The summed E-state index contributed by atoms with van der Waals surface area (Å²) in [4.78, 5) is 48.0. The molecular formula is C24H38N4O7. The van der Waals surface area contributed by atoms with Gasteiger partial charge < -0.3 is 35.8 Å². The number of hydrogen-bond acceptors (Lipinski definition) is 7. The average Bonchev–Trinajstić information content (AvgIpc) is 2.69. The Hall–Kier alpha value is -3.50. The van der Waals surface area contributed by atoms with Gasteiger partial charge in [-0.05, 0) is 72.6 Å². The fourth-order valence-corrected chi connectivity index (χ4v) is 2.67. The van der Waals surface area contributed by atoms with E-state index >= 15 is 0 Å². The lowest BCUT2D eigenvalue weighted by Crippen LogP contribution is -2.34. The Kier molecular flexibility index (Phi) is 11.3. The molecule has 196 valence electrons. The van der Waals surface area contributed by atoms with Gasteiger partial charge in [0.2, 0.25) is 0 Å². The van der Waals surface area contributed by atoms with Crippen molar-refractivity contribution in [1.82, 2.24) is 21.3 Å². The molecule has 0 spiro atoms. The normalized spacial score (nSPS) is 11.3. The van der Waals surface area contributed by atoms with E-state index in [4.69, 9.17) is 9.47 Å². The fraction of sp³-hybridized carbons (Fsp3) is 0.583. The van der Waals surface area contributed by atoms with E-state index in [9.17, 15) is 24.3 Å². The van der Waals surface area contributed by atoms with Gasteiger partial charge in [0.15, 0.2) is 0 Å². The van der Waals surface area contributed by atoms with Crippen LogP contribution in [0.2, 0.25) is 0 Å². The number of alkyl carbamates (subject to hydrolysis) is 2. The molecule has 0 aliphatic rings. The highest BCUT2D eigenvalue weighted by atomic mass is 16.6. The molecule has 0 aliphatic carbocycles. The molecule has 0 saturated heterocycles. The minimum absolute atomic E-state index is 0.127. The predicted octanol–water partition coefficient (Wildman–Crippen LogP) is 2.68. The van der Waals surface area contributed by atoms with Crippen LogP contribution >= 0.6 is 0 Å². The molecule has 0 bridgehead atoms. The van der Waals surface area contributed by atoms with Crippen LogP contribution in [0.3, 0.4) is 0 Å². The standard InChI is InChI=1S/C24H38N4O7/c1-23(2,3)34-21(32)27-11-7-9-25-19(30)16-13-17(15-18(29)14-16)20(31)26-10-8-12-28-22(33)35-24(4,5)6/h13-15,29H,7-12H2,1-6H3,(H,25,30)(H,26,31)(H,27,32)(H,28,33). The largest absolute Gasteiger partial charge is 0.508 e. The van der Waals surface area contributed by atoms with Crippen molar-refractivity contribution in [2.24, 2.45) is 0 Å². The van der Waals surface area contributed by atoms with Crippen molar-refractivity contribution in [2.75, 3.05) is 26.2 Å². The van der Waals surface area contributed by atoms with Gasteiger partial charge in [-0.25, -0.2) is 9.59 Å². The first kappa shape index (κ1) is 29.5. The molecule has 0 unspecified atom stereocenters. The van der Waals surface area contributed by atoms with Crippen LogP contribution in [0.1, 0.15) is 75.1 Å². The predicted molar refractivity (Wildman–Crippen MR) is 130 cm³/mol. The average molecular weight is 495 g/mol. The topological polar surface area (TPSA) is 155 Å². The summed E-state index contributed by atoms with van der Waals surface area (Å²) in [5, 5.41) is 20.5. The molecule has 0 fully saturated rings. The van der Waals surface area contributed by atoms with E-state index in [2.05, 4.69) is 21.3 Å². The summed E-state index contributed by atoms with van der Waals surface area (Å²) in [6, 6.07) is 3.90. The zero-order valence-corrected chi connectivity index (χ0v) is 21.4. The van der Waals surface area contributed by atoms with Crippen molar-refractivity contribution in [1.29, 1.82) is 0 Å². The van der Waals surface area contributed by atoms with Crippen LogP contribution in [0.15, 0.2) is 18.2 Å². The summed E-state index contributed by atoms with van der Waals surface area (Å²) in [6.07, 6.45) is -0.135. The molecule has 0 aromatic heterocycles. The third kappa shape index (κ3) is 13.7. The van der Waals surface area contributed by atoms with Crippen LogP contribution in [0, 0.1) is 0 Å². The van der Waals surface area contributed by atoms with Crippen molar-refractivity contribution in [3.63, 3.8) is 0 Å². The number of amides is 4. The minimum atomic E-state index is -0.589. The third-order valence-corrected chi connectivity index (χ3v) is 4.06. The van der Waals surface area contributed by atoms with E-state index in [1.807, 2.05) is 0 Å². The van der Waals surface area contributed by atoms with E-state index in [0.29, 0.717) is 25.9 Å². The van der Waals surface area contributed by atoms with Gasteiger partial charge in [0.05, 0.1) is 0 Å². The van der Waals surface area contributed by atoms with Crippen molar-refractivity contribution in [2.45, 2.75) is 65.6 Å². The minimum Gasteiger partial charge on any atom is -0.508 e. The van der Waals surface area contributed by atoms with Crippen LogP contribution < -0.4 is 21.3 Å². The maximum atomic E-state index is 12.4. The summed E-state index contributed by atoms with van der Waals surface area (Å²) in [5.74, 6) is -1.15. The van der Waals surface area contributed by atoms with E-state index in [0.717, 1.165) is 0 Å². The van der Waals surface area contributed by atoms with Gasteiger partial charge in [-0.3, -0.25) is 9.59 Å². The second-order valence-corrected chi connectivity index (χ2v) is 9.84. The fourth-order valence-electron chi connectivity index (χ4n) is 2.67. The van der Waals surface area contributed by atoms with Gasteiger partial charge in [-0.15, -0.1) is 0 Å². The number of phenols is 1. The van der Waals surface area contributed by atoms with E-state index in [1.165, 1.54) is 18.2 Å². The number of aromatic hydroxyl groups is 1. The summed E-state index contributed by atoms with van der Waals surface area (Å²) in [6.45, 7) is 11.8. The van der Waals surface area contributed by atoms with E-state index < -0.39 is 35.2 Å². The molecule has 1 aromatic carbocycles. The maximum Gasteiger partial charge on any atom is 0.407 e. The number of carbonyl (C=O) groups is 4. The van der Waals surface area contributed by atoms with Gasteiger partial charge in [0, 0.05) is 37.3 Å². The van der Waals surface area contributed by atoms with Gasteiger partial charge in [-0.1, -0.05) is 0 Å². The van der Waals surface area contributed by atoms with Gasteiger partial charge in [-0.2, -0.15) is 0 Å². The molecule has 1 aromatic rings. The molecule has 11 nitrogen and oxygen atoms in total. The summed E-state index contributed by atoms with van der Waals surface area (Å²) >= 11 is 0. The lowest BCUT2D eigenvalue weighted by Gasteiger charge is -2.19. The second kappa shape index (κ2) is 13.4. The maximum absolute atomic E-state index is 12.4. The van der Waals surface area contributed by atoms with Crippen LogP contribution in [-0.2, 0) is 9.47 Å². The Bertz CT molecular complexity index is 821. The Morgan fingerprint density at radius 2 is 1.00 bits per heavy atom.